The molecule has 0 radical (unpaired) electrons. The topological polar surface area (TPSA) is 9.23 Å². The van der Waals surface area contributed by atoms with Crippen LogP contribution in [0.3, 0.4) is 0 Å². The second-order valence-electron chi connectivity index (χ2n) is 3.90. The van der Waals surface area contributed by atoms with Gasteiger partial charge in [0.25, 0.3) is 0 Å². The molecule has 0 aliphatic rings. The molecule has 0 bridgehead atoms. The lowest BCUT2D eigenvalue weighted by Crippen LogP contribution is -2.04. The summed E-state index contributed by atoms with van der Waals surface area (Å²) in [6, 6.07) is 11.7. The minimum atomic E-state index is -4.37. The Morgan fingerprint density at radius 3 is 2.21 bits per heavy atom. The van der Waals surface area contributed by atoms with Gasteiger partial charge < -0.3 is 4.74 Å². The second kappa shape index (κ2) is 5.18. The van der Waals surface area contributed by atoms with E-state index in [9.17, 15) is 13.2 Å². The smallest absolute Gasteiger partial charge is 0.416 e. The minimum Gasteiger partial charge on any atom is -0.457 e. The third-order valence-electron chi connectivity index (χ3n) is 2.49. The van der Waals surface area contributed by atoms with Crippen molar-refractivity contribution in [2.45, 2.75) is 6.18 Å². The van der Waals surface area contributed by atoms with E-state index < -0.39 is 11.7 Å². The van der Waals surface area contributed by atoms with Crippen LogP contribution in [0.25, 0.3) is 6.08 Å². The molecule has 1 nitrogen and oxygen atoms in total. The van der Waals surface area contributed by atoms with Crippen LogP contribution < -0.4 is 4.74 Å². The van der Waals surface area contributed by atoms with Crippen LogP contribution in [0.2, 0.25) is 0 Å². The van der Waals surface area contributed by atoms with Gasteiger partial charge in [-0.25, -0.2) is 0 Å². The molecule has 0 atom stereocenters. The molecule has 0 unspecified atom stereocenters. The number of hydrogen-bond acceptors (Lipinski definition) is 1. The lowest BCUT2D eigenvalue weighted by atomic mass is 10.2. The van der Waals surface area contributed by atoms with Gasteiger partial charge in [0.2, 0.25) is 0 Å². The highest BCUT2D eigenvalue weighted by Crippen LogP contribution is 2.32. The maximum atomic E-state index is 12.6. The molecule has 0 aliphatic carbocycles. The third kappa shape index (κ3) is 3.37. The average molecular weight is 264 g/mol. The van der Waals surface area contributed by atoms with E-state index in [1.54, 1.807) is 24.3 Å². The van der Waals surface area contributed by atoms with Gasteiger partial charge in [0.05, 0.1) is 5.56 Å². The quantitative estimate of drug-likeness (QED) is 0.745. The first-order valence-corrected chi connectivity index (χ1v) is 5.56. The van der Waals surface area contributed by atoms with Gasteiger partial charge in [-0.1, -0.05) is 30.9 Å². The van der Waals surface area contributed by atoms with Crippen molar-refractivity contribution < 1.29 is 17.9 Å². The second-order valence-corrected chi connectivity index (χ2v) is 3.90. The van der Waals surface area contributed by atoms with Crippen LogP contribution in [-0.4, -0.2) is 0 Å². The Morgan fingerprint density at radius 2 is 1.58 bits per heavy atom. The Kier molecular flexibility index (Phi) is 3.60. The van der Waals surface area contributed by atoms with Crippen molar-refractivity contribution in [2.75, 3.05) is 0 Å². The van der Waals surface area contributed by atoms with E-state index >= 15 is 0 Å². The van der Waals surface area contributed by atoms with Crippen LogP contribution in [0, 0.1) is 0 Å². The van der Waals surface area contributed by atoms with Crippen LogP contribution in [0.5, 0.6) is 11.5 Å². The van der Waals surface area contributed by atoms with Crippen LogP contribution in [0.15, 0.2) is 55.1 Å². The number of alkyl halides is 3. The summed E-state index contributed by atoms with van der Waals surface area (Å²) in [4.78, 5) is 0. The molecule has 0 aromatic heterocycles. The number of rotatable bonds is 3. The highest BCUT2D eigenvalue weighted by atomic mass is 19.4. The molecular formula is C15H11F3O. The first kappa shape index (κ1) is 13.2. The van der Waals surface area contributed by atoms with Gasteiger partial charge in [0, 0.05) is 0 Å². The summed E-state index contributed by atoms with van der Waals surface area (Å²) in [5, 5.41) is 0. The fraction of sp³-hybridized carbons (Fsp3) is 0.0667. The molecule has 98 valence electrons. The van der Waals surface area contributed by atoms with Crippen molar-refractivity contribution in [3.63, 3.8) is 0 Å². The first-order valence-electron chi connectivity index (χ1n) is 5.56. The fourth-order valence-corrected chi connectivity index (χ4v) is 1.58. The average Bonchev–Trinajstić information content (AvgIpc) is 2.38. The van der Waals surface area contributed by atoms with E-state index in [4.69, 9.17) is 4.74 Å². The number of ether oxygens (including phenoxy) is 1. The SMILES string of the molecule is C=Cc1cccc(Oc2cccc(C(F)(F)F)c2)c1. The molecule has 0 saturated carbocycles. The summed E-state index contributed by atoms with van der Waals surface area (Å²) in [5.41, 5.74) is 0.106. The summed E-state index contributed by atoms with van der Waals surface area (Å²) >= 11 is 0. The zero-order valence-corrected chi connectivity index (χ0v) is 9.95. The van der Waals surface area contributed by atoms with Crippen molar-refractivity contribution in [3.05, 3.63) is 66.2 Å². The molecule has 4 heteroatoms. The van der Waals surface area contributed by atoms with E-state index in [2.05, 4.69) is 6.58 Å². The summed E-state index contributed by atoms with van der Waals surface area (Å²) in [6.45, 7) is 3.62. The zero-order valence-electron chi connectivity index (χ0n) is 9.95. The van der Waals surface area contributed by atoms with Crippen molar-refractivity contribution in [3.8, 4) is 11.5 Å². The predicted octanol–water partition coefficient (Wildman–Crippen LogP) is 5.14. The van der Waals surface area contributed by atoms with Crippen LogP contribution >= 0.6 is 0 Å². The van der Waals surface area contributed by atoms with Gasteiger partial charge in [-0.3, -0.25) is 0 Å². The Hall–Kier alpha value is -2.23. The van der Waals surface area contributed by atoms with Gasteiger partial charge in [-0.05, 0) is 35.9 Å². The molecule has 0 saturated heterocycles. The van der Waals surface area contributed by atoms with Crippen LogP contribution in [0.1, 0.15) is 11.1 Å². The van der Waals surface area contributed by atoms with E-state index in [0.717, 1.165) is 17.7 Å². The van der Waals surface area contributed by atoms with Crippen molar-refractivity contribution in [1.82, 2.24) is 0 Å². The Balaban J connectivity index is 2.25. The number of benzene rings is 2. The molecule has 0 amide bonds. The van der Waals surface area contributed by atoms with Gasteiger partial charge in [0.15, 0.2) is 0 Å². The molecule has 0 fully saturated rings. The Morgan fingerprint density at radius 1 is 0.947 bits per heavy atom. The summed E-state index contributed by atoms with van der Waals surface area (Å²) < 4.78 is 43.1. The molecule has 0 aliphatic heterocycles. The number of halogens is 3. The van der Waals surface area contributed by atoms with Gasteiger partial charge in [0.1, 0.15) is 11.5 Å². The molecule has 2 rings (SSSR count). The first-order chi connectivity index (χ1) is 8.99. The lowest BCUT2D eigenvalue weighted by Gasteiger charge is -2.10. The maximum absolute atomic E-state index is 12.6. The highest BCUT2D eigenvalue weighted by Gasteiger charge is 2.30. The largest absolute Gasteiger partial charge is 0.457 e. The summed E-state index contributed by atoms with van der Waals surface area (Å²) in [6.07, 6.45) is -2.73. The normalized spacial score (nSPS) is 11.1. The predicted molar refractivity (Wildman–Crippen MR) is 68.1 cm³/mol. The van der Waals surface area contributed by atoms with E-state index in [1.165, 1.54) is 12.1 Å². The van der Waals surface area contributed by atoms with Crippen LogP contribution in [0.4, 0.5) is 13.2 Å². The third-order valence-corrected chi connectivity index (χ3v) is 2.49. The van der Waals surface area contributed by atoms with Crippen molar-refractivity contribution in [1.29, 1.82) is 0 Å². The molecule has 2 aromatic carbocycles. The Labute approximate surface area is 109 Å². The molecule has 0 N–H and O–H groups in total. The molecule has 2 aromatic rings. The molecule has 0 heterocycles. The summed E-state index contributed by atoms with van der Waals surface area (Å²) in [7, 11) is 0. The molecule has 19 heavy (non-hydrogen) atoms. The van der Waals surface area contributed by atoms with Crippen molar-refractivity contribution in [2.24, 2.45) is 0 Å². The van der Waals surface area contributed by atoms with Gasteiger partial charge in [-0.2, -0.15) is 13.2 Å². The zero-order chi connectivity index (χ0) is 13.9. The summed E-state index contributed by atoms with van der Waals surface area (Å²) in [5.74, 6) is 0.618. The van der Waals surface area contributed by atoms with E-state index in [-0.39, 0.29) is 5.75 Å². The molecule has 0 spiro atoms. The Bertz CT molecular complexity index is 588. The van der Waals surface area contributed by atoms with E-state index in [0.29, 0.717) is 5.75 Å². The minimum absolute atomic E-state index is 0.149. The van der Waals surface area contributed by atoms with Crippen molar-refractivity contribution >= 4 is 6.08 Å². The fourth-order valence-electron chi connectivity index (χ4n) is 1.58. The molecular weight excluding hydrogens is 253 g/mol. The monoisotopic (exact) mass is 264 g/mol. The number of hydrogen-bond donors (Lipinski definition) is 0. The highest BCUT2D eigenvalue weighted by molar-refractivity contribution is 5.50. The van der Waals surface area contributed by atoms with E-state index in [1.807, 2.05) is 6.07 Å². The maximum Gasteiger partial charge on any atom is 0.416 e. The van der Waals surface area contributed by atoms with Gasteiger partial charge >= 0.3 is 6.18 Å². The van der Waals surface area contributed by atoms with Gasteiger partial charge in [-0.15, -0.1) is 0 Å². The van der Waals surface area contributed by atoms with Crippen LogP contribution in [-0.2, 0) is 6.18 Å². The standard InChI is InChI=1S/C15H11F3O/c1-2-11-5-3-7-13(9-11)19-14-8-4-6-12(10-14)15(16,17)18/h2-10H,1H2. The lowest BCUT2D eigenvalue weighted by molar-refractivity contribution is -0.137.